The van der Waals surface area contributed by atoms with Gasteiger partial charge in [-0.1, -0.05) is 23.7 Å². The molecule has 0 radical (unpaired) electrons. The van der Waals surface area contributed by atoms with E-state index in [0.29, 0.717) is 10.6 Å². The Labute approximate surface area is 195 Å². The highest BCUT2D eigenvalue weighted by molar-refractivity contribution is 6.32. The second kappa shape index (κ2) is 8.90. The van der Waals surface area contributed by atoms with Crippen LogP contribution in [-0.2, 0) is 11.0 Å². The molecule has 34 heavy (non-hydrogen) atoms. The van der Waals surface area contributed by atoms with Crippen molar-refractivity contribution in [2.45, 2.75) is 26.1 Å². The van der Waals surface area contributed by atoms with Crippen molar-refractivity contribution in [3.8, 4) is 17.3 Å². The molecular weight excluding hydrogens is 475 g/mol. The maximum Gasteiger partial charge on any atom is 0.418 e. The molecule has 0 aliphatic heterocycles. The van der Waals surface area contributed by atoms with Crippen LogP contribution in [0.1, 0.15) is 18.1 Å². The minimum absolute atomic E-state index is 0.0698. The topological polar surface area (TPSA) is 81.7 Å². The number of ether oxygens (including phenoxy) is 1. The number of hydrogen-bond donors (Lipinski definition) is 1. The molecule has 4 aromatic rings. The molecule has 10 heteroatoms. The van der Waals surface area contributed by atoms with Crippen LogP contribution in [0.15, 0.2) is 68.4 Å². The molecule has 6 nitrogen and oxygen atoms in total. The molecule has 2 aromatic carbocycles. The van der Waals surface area contributed by atoms with Crippen molar-refractivity contribution in [3.05, 3.63) is 81.2 Å². The summed E-state index contributed by atoms with van der Waals surface area (Å²) in [6, 6.07) is 10.6. The Kier molecular flexibility index (Phi) is 6.14. The van der Waals surface area contributed by atoms with Crippen molar-refractivity contribution in [2.24, 2.45) is 0 Å². The Balaban J connectivity index is 1.72. The van der Waals surface area contributed by atoms with Gasteiger partial charge in [-0.25, -0.2) is 0 Å². The maximum absolute atomic E-state index is 13.3. The third-order valence-corrected chi connectivity index (χ3v) is 5.44. The quantitative estimate of drug-likeness (QED) is 0.347. The first-order valence-corrected chi connectivity index (χ1v) is 10.4. The van der Waals surface area contributed by atoms with Gasteiger partial charge in [-0.3, -0.25) is 9.59 Å². The van der Waals surface area contributed by atoms with Gasteiger partial charge < -0.3 is 18.9 Å². The Morgan fingerprint density at radius 1 is 1.15 bits per heavy atom. The third-order valence-electron chi connectivity index (χ3n) is 5.03. The lowest BCUT2D eigenvalue weighted by molar-refractivity contribution is -0.137. The summed E-state index contributed by atoms with van der Waals surface area (Å²) >= 11 is 6.15. The second-order valence-electron chi connectivity index (χ2n) is 7.46. The first-order valence-electron chi connectivity index (χ1n) is 10.0. The summed E-state index contributed by atoms with van der Waals surface area (Å²) < 4.78 is 56.6. The highest BCUT2D eigenvalue weighted by Gasteiger charge is 2.34. The number of fused-ring (bicyclic) bond motifs is 1. The fraction of sp³-hybridized carbons (Fsp3) is 0.167. The van der Waals surface area contributed by atoms with E-state index in [0.717, 1.165) is 12.1 Å². The number of anilines is 1. The zero-order valence-electron chi connectivity index (χ0n) is 17.8. The fourth-order valence-corrected chi connectivity index (χ4v) is 3.44. The van der Waals surface area contributed by atoms with E-state index in [1.165, 1.54) is 37.5 Å². The van der Waals surface area contributed by atoms with Gasteiger partial charge in [-0.2, -0.15) is 13.2 Å². The fourth-order valence-electron chi connectivity index (χ4n) is 3.28. The van der Waals surface area contributed by atoms with E-state index in [4.69, 9.17) is 25.2 Å². The molecule has 2 heterocycles. The summed E-state index contributed by atoms with van der Waals surface area (Å²) in [4.78, 5) is 25.9. The number of carbonyl (C=O) groups excluding carboxylic acids is 1. The zero-order valence-corrected chi connectivity index (χ0v) is 18.6. The summed E-state index contributed by atoms with van der Waals surface area (Å²) in [5.41, 5.74) is -1.17. The monoisotopic (exact) mass is 491 g/mol. The van der Waals surface area contributed by atoms with Gasteiger partial charge in [0.2, 0.25) is 16.9 Å². The highest BCUT2D eigenvalue weighted by atomic mass is 35.5. The number of furan rings is 1. The molecule has 1 atom stereocenters. The number of halogens is 4. The van der Waals surface area contributed by atoms with E-state index in [-0.39, 0.29) is 28.2 Å². The lowest BCUT2D eigenvalue weighted by atomic mass is 10.1. The van der Waals surface area contributed by atoms with Crippen LogP contribution in [0.5, 0.6) is 5.75 Å². The van der Waals surface area contributed by atoms with Gasteiger partial charge in [-0.15, -0.1) is 0 Å². The Bertz CT molecular complexity index is 1430. The van der Waals surface area contributed by atoms with Gasteiger partial charge in [0, 0.05) is 5.02 Å². The maximum atomic E-state index is 13.3. The van der Waals surface area contributed by atoms with Crippen molar-refractivity contribution in [2.75, 3.05) is 5.32 Å². The molecule has 176 valence electrons. The average molecular weight is 492 g/mol. The van der Waals surface area contributed by atoms with Crippen LogP contribution in [0.25, 0.3) is 22.5 Å². The molecule has 1 unspecified atom stereocenters. The van der Waals surface area contributed by atoms with E-state index in [1.807, 2.05) is 0 Å². The Morgan fingerprint density at radius 3 is 2.56 bits per heavy atom. The first kappa shape index (κ1) is 23.4. The number of para-hydroxylation sites is 1. The molecule has 0 aliphatic carbocycles. The number of nitrogens with one attached hydrogen (secondary N) is 1. The largest absolute Gasteiger partial charge is 0.473 e. The van der Waals surface area contributed by atoms with E-state index in [9.17, 15) is 22.8 Å². The van der Waals surface area contributed by atoms with Crippen LogP contribution >= 0.6 is 11.6 Å². The number of rotatable bonds is 5. The molecule has 1 amide bonds. The highest BCUT2D eigenvalue weighted by Crippen LogP contribution is 2.36. The van der Waals surface area contributed by atoms with Gasteiger partial charge in [0.1, 0.15) is 5.58 Å². The molecule has 0 spiro atoms. The number of aryl methyl sites for hydroxylation is 1. The number of alkyl halides is 3. The number of hydrogen-bond acceptors (Lipinski definition) is 5. The lowest BCUT2D eigenvalue weighted by Gasteiger charge is -2.18. The lowest BCUT2D eigenvalue weighted by Crippen LogP contribution is -2.32. The average Bonchev–Trinajstić information content (AvgIpc) is 3.31. The van der Waals surface area contributed by atoms with E-state index < -0.39 is 34.9 Å². The molecular formula is C24H17ClF3NO5. The predicted octanol–water partition coefficient (Wildman–Crippen LogP) is 6.44. The summed E-state index contributed by atoms with van der Waals surface area (Å²) in [5, 5.41) is 2.64. The summed E-state index contributed by atoms with van der Waals surface area (Å²) in [7, 11) is 0. The molecule has 1 N–H and O–H groups in total. The minimum atomic E-state index is -4.67. The minimum Gasteiger partial charge on any atom is -0.473 e. The predicted molar refractivity (Wildman–Crippen MR) is 120 cm³/mol. The molecule has 0 saturated carbocycles. The van der Waals surface area contributed by atoms with Crippen molar-refractivity contribution >= 4 is 34.2 Å². The smallest absolute Gasteiger partial charge is 0.418 e. The van der Waals surface area contributed by atoms with Crippen molar-refractivity contribution in [1.29, 1.82) is 0 Å². The standard InChI is InChI=1S/C24H17ClF3NO5/c1-12-10-19-14(11-16(12)25)20(30)22(21(34-19)18-8-5-9-32-18)33-13(2)23(31)29-17-7-4-3-6-15(17)24(26,27)28/h3-11,13H,1-2H3,(H,29,31). The molecule has 4 rings (SSSR count). The molecule has 2 aromatic heterocycles. The van der Waals surface area contributed by atoms with Crippen LogP contribution in [0.4, 0.5) is 18.9 Å². The zero-order chi connectivity index (χ0) is 24.6. The van der Waals surface area contributed by atoms with Crippen LogP contribution in [0, 0.1) is 6.92 Å². The van der Waals surface area contributed by atoms with Crippen LogP contribution < -0.4 is 15.5 Å². The van der Waals surface area contributed by atoms with Crippen molar-refractivity contribution < 1.29 is 31.5 Å². The normalized spacial score (nSPS) is 12.5. The van der Waals surface area contributed by atoms with Gasteiger partial charge in [0.05, 0.1) is 22.9 Å². The van der Waals surface area contributed by atoms with Gasteiger partial charge in [0.15, 0.2) is 11.9 Å². The summed E-state index contributed by atoms with van der Waals surface area (Å²) in [5.74, 6) is -1.14. The SMILES string of the molecule is Cc1cc2oc(-c3ccco3)c(OC(C)C(=O)Nc3ccccc3C(F)(F)F)c(=O)c2cc1Cl. The van der Waals surface area contributed by atoms with Crippen molar-refractivity contribution in [3.63, 3.8) is 0 Å². The molecule has 0 saturated heterocycles. The number of benzene rings is 2. The molecule has 0 fully saturated rings. The van der Waals surface area contributed by atoms with Crippen LogP contribution in [0.2, 0.25) is 5.02 Å². The Morgan fingerprint density at radius 2 is 1.88 bits per heavy atom. The van der Waals surface area contributed by atoms with Gasteiger partial charge >= 0.3 is 6.18 Å². The third kappa shape index (κ3) is 4.51. The molecule has 0 aliphatic rings. The van der Waals surface area contributed by atoms with E-state index >= 15 is 0 Å². The van der Waals surface area contributed by atoms with Crippen LogP contribution in [0.3, 0.4) is 0 Å². The summed E-state index contributed by atoms with van der Waals surface area (Å²) in [6.07, 6.45) is -4.67. The van der Waals surface area contributed by atoms with E-state index in [2.05, 4.69) is 5.32 Å². The first-order chi connectivity index (χ1) is 16.1. The van der Waals surface area contributed by atoms with Gasteiger partial charge in [0.25, 0.3) is 5.91 Å². The number of carbonyl (C=O) groups is 1. The van der Waals surface area contributed by atoms with Crippen LogP contribution in [-0.4, -0.2) is 12.0 Å². The number of amides is 1. The summed E-state index contributed by atoms with van der Waals surface area (Å²) in [6.45, 7) is 3.03. The Hall–Kier alpha value is -3.72. The molecule has 0 bridgehead atoms. The van der Waals surface area contributed by atoms with Crippen molar-refractivity contribution in [1.82, 2.24) is 0 Å². The van der Waals surface area contributed by atoms with E-state index in [1.54, 1.807) is 19.1 Å². The van der Waals surface area contributed by atoms with Gasteiger partial charge in [-0.05, 0) is 55.8 Å². The second-order valence-corrected chi connectivity index (χ2v) is 7.86.